The maximum Gasteiger partial charge on any atom is 0.170 e. The van der Waals surface area contributed by atoms with E-state index >= 15 is 8.78 Å². The van der Waals surface area contributed by atoms with Gasteiger partial charge in [-0.2, -0.15) is 0 Å². The van der Waals surface area contributed by atoms with Crippen LogP contribution in [0.25, 0.3) is 0 Å². The summed E-state index contributed by atoms with van der Waals surface area (Å²) in [6.07, 6.45) is 11.5. The maximum atomic E-state index is 16.0. The zero-order chi connectivity index (χ0) is 25.1. The highest BCUT2D eigenvalue weighted by atomic mass is 19.1. The molecule has 0 saturated carbocycles. The summed E-state index contributed by atoms with van der Waals surface area (Å²) in [7, 11) is 0. The molecule has 0 radical (unpaired) electrons. The molecule has 4 N–H and O–H groups in total. The minimum atomic E-state index is -0.665. The lowest BCUT2D eigenvalue weighted by Gasteiger charge is -2.31. The number of nitrogens with zero attached hydrogens (tertiary/aromatic N) is 1. The molecule has 3 heterocycles. The Kier molecular flexibility index (Phi) is 8.38. The summed E-state index contributed by atoms with van der Waals surface area (Å²) < 4.78 is 37.3. The number of piperazine rings is 1. The van der Waals surface area contributed by atoms with Crippen molar-refractivity contribution in [3.05, 3.63) is 58.6 Å². The van der Waals surface area contributed by atoms with E-state index in [1.807, 2.05) is 6.92 Å². The molecule has 0 aromatic carbocycles. The predicted octanol–water partition coefficient (Wildman–Crippen LogP) is 3.54. The van der Waals surface area contributed by atoms with Crippen LogP contribution in [0.5, 0.6) is 0 Å². The smallest absolute Gasteiger partial charge is 0.170 e. The number of halogens is 2. The van der Waals surface area contributed by atoms with E-state index in [1.165, 1.54) is 5.57 Å². The van der Waals surface area contributed by atoms with Gasteiger partial charge in [0.05, 0.1) is 0 Å². The van der Waals surface area contributed by atoms with Gasteiger partial charge in [0.1, 0.15) is 11.9 Å². The standard InChI is InChI=1S/C28H41F2N5O/c1-18-4-3-11-32-28(34-21-7-5-20(6-8-21)17-35-14-12-31-13-15-35)26(30)27(18)36-24-10-9-23-22(25(24)29)16-19(2)33-23/h5-7,10,18-19,21,23,28,31-34H,3-4,8-9,11-17H2,1-2H3/t18?,19-,21+,23+,28-/m1/s1. The largest absolute Gasteiger partial charge is 0.456 e. The fourth-order valence-electron chi connectivity index (χ4n) is 5.89. The third-order valence-corrected chi connectivity index (χ3v) is 7.96. The van der Waals surface area contributed by atoms with E-state index in [9.17, 15) is 0 Å². The highest BCUT2D eigenvalue weighted by Gasteiger charge is 2.35. The van der Waals surface area contributed by atoms with E-state index in [0.717, 1.165) is 64.1 Å². The first-order chi connectivity index (χ1) is 17.5. The number of allylic oxidation sites excluding steroid dienone is 2. The van der Waals surface area contributed by atoms with E-state index in [2.05, 4.69) is 51.3 Å². The molecule has 0 amide bonds. The quantitative estimate of drug-likeness (QED) is 0.447. The Labute approximate surface area is 214 Å². The van der Waals surface area contributed by atoms with E-state index in [1.54, 1.807) is 6.08 Å². The fourth-order valence-corrected chi connectivity index (χ4v) is 5.89. The highest BCUT2D eigenvalue weighted by molar-refractivity contribution is 5.38. The van der Waals surface area contributed by atoms with Gasteiger partial charge < -0.3 is 15.4 Å². The lowest BCUT2D eigenvalue weighted by atomic mass is 9.96. The van der Waals surface area contributed by atoms with E-state index in [0.29, 0.717) is 12.8 Å². The fraction of sp³-hybridized carbons (Fsp3) is 0.643. The number of ether oxygens (including phenoxy) is 1. The molecule has 5 atom stereocenters. The molecule has 3 aliphatic heterocycles. The Morgan fingerprint density at radius 2 is 1.94 bits per heavy atom. The highest BCUT2D eigenvalue weighted by Crippen LogP contribution is 2.37. The summed E-state index contributed by atoms with van der Waals surface area (Å²) in [5, 5.41) is 13.5. The van der Waals surface area contributed by atoms with Crippen LogP contribution >= 0.6 is 0 Å². The Morgan fingerprint density at radius 3 is 2.72 bits per heavy atom. The van der Waals surface area contributed by atoms with Crippen LogP contribution in [-0.4, -0.2) is 68.5 Å². The molecule has 1 unspecified atom stereocenters. The molecular weight excluding hydrogens is 460 g/mol. The molecule has 0 spiro atoms. The van der Waals surface area contributed by atoms with Gasteiger partial charge in [0.25, 0.3) is 0 Å². The van der Waals surface area contributed by atoms with E-state index < -0.39 is 6.17 Å². The van der Waals surface area contributed by atoms with Crippen LogP contribution in [0.3, 0.4) is 0 Å². The lowest BCUT2D eigenvalue weighted by molar-refractivity contribution is 0.207. The van der Waals surface area contributed by atoms with Crippen LogP contribution in [0.15, 0.2) is 58.6 Å². The number of hydrogen-bond acceptors (Lipinski definition) is 6. The summed E-state index contributed by atoms with van der Waals surface area (Å²) in [4.78, 5) is 2.46. The first-order valence-corrected chi connectivity index (χ1v) is 13.7. The number of hydrogen-bond donors (Lipinski definition) is 4. The molecule has 198 valence electrons. The van der Waals surface area contributed by atoms with Gasteiger partial charge in [-0.05, 0) is 62.8 Å². The van der Waals surface area contributed by atoms with Crippen molar-refractivity contribution in [2.45, 2.75) is 70.2 Å². The van der Waals surface area contributed by atoms with Gasteiger partial charge in [-0.25, -0.2) is 8.78 Å². The van der Waals surface area contributed by atoms with Gasteiger partial charge in [-0.1, -0.05) is 25.2 Å². The summed E-state index contributed by atoms with van der Waals surface area (Å²) in [5.41, 5.74) is 2.07. The van der Waals surface area contributed by atoms with Crippen LogP contribution in [0, 0.1) is 5.92 Å². The Morgan fingerprint density at radius 1 is 1.11 bits per heavy atom. The monoisotopic (exact) mass is 501 g/mol. The van der Waals surface area contributed by atoms with E-state index in [4.69, 9.17) is 4.74 Å². The average Bonchev–Trinajstić information content (AvgIpc) is 3.27. The van der Waals surface area contributed by atoms with Gasteiger partial charge in [0.15, 0.2) is 17.4 Å². The van der Waals surface area contributed by atoms with Crippen molar-refractivity contribution in [1.29, 1.82) is 0 Å². The third-order valence-electron chi connectivity index (χ3n) is 7.96. The van der Waals surface area contributed by atoms with Gasteiger partial charge in [-0.15, -0.1) is 0 Å². The molecule has 6 nitrogen and oxygen atoms in total. The van der Waals surface area contributed by atoms with Crippen molar-refractivity contribution in [2.24, 2.45) is 5.92 Å². The Balaban J connectivity index is 1.26. The van der Waals surface area contributed by atoms with Gasteiger partial charge >= 0.3 is 0 Å². The molecule has 5 rings (SSSR count). The van der Waals surface area contributed by atoms with Crippen molar-refractivity contribution in [3.8, 4) is 0 Å². The average molecular weight is 502 g/mol. The van der Waals surface area contributed by atoms with Crippen molar-refractivity contribution in [3.63, 3.8) is 0 Å². The third kappa shape index (κ3) is 6.00. The zero-order valence-corrected chi connectivity index (χ0v) is 21.6. The molecule has 2 aliphatic carbocycles. The van der Waals surface area contributed by atoms with Crippen molar-refractivity contribution in [1.82, 2.24) is 26.2 Å². The zero-order valence-electron chi connectivity index (χ0n) is 21.6. The molecule has 0 aromatic heterocycles. The minimum Gasteiger partial charge on any atom is -0.456 e. The molecule has 0 aromatic rings. The minimum absolute atomic E-state index is 0.0237. The number of fused-ring (bicyclic) bond motifs is 1. The van der Waals surface area contributed by atoms with Crippen LogP contribution < -0.4 is 21.3 Å². The summed E-state index contributed by atoms with van der Waals surface area (Å²) in [6, 6.07) is 0.294. The molecule has 0 bridgehead atoms. The second-order valence-corrected chi connectivity index (χ2v) is 10.9. The topological polar surface area (TPSA) is 60.6 Å². The second-order valence-electron chi connectivity index (χ2n) is 10.9. The first kappa shape index (κ1) is 25.8. The van der Waals surface area contributed by atoms with E-state index in [-0.39, 0.29) is 47.2 Å². The lowest BCUT2D eigenvalue weighted by Crippen LogP contribution is -2.49. The maximum absolute atomic E-state index is 16.0. The number of nitrogens with one attached hydrogen (secondary N) is 4. The Hall–Kier alpha value is -1.84. The Bertz CT molecular complexity index is 965. The van der Waals surface area contributed by atoms with Crippen molar-refractivity contribution < 1.29 is 13.5 Å². The van der Waals surface area contributed by atoms with Gasteiger partial charge in [-0.3, -0.25) is 15.5 Å². The number of rotatable bonds is 6. The summed E-state index contributed by atoms with van der Waals surface area (Å²) >= 11 is 0. The van der Waals surface area contributed by atoms with Gasteiger partial charge in [0, 0.05) is 56.8 Å². The SMILES string of the molecule is CC1CCCN[C@H](N[C@H]2C=CC(CN3CCNCC3)=CC2)C(F)=C1OC1=CC[C@@H]2N[C@H](C)CC2=C1F. The summed E-state index contributed by atoms with van der Waals surface area (Å²) in [5.74, 6) is -0.404. The van der Waals surface area contributed by atoms with Gasteiger partial charge in [0.2, 0.25) is 0 Å². The molecule has 8 heteroatoms. The first-order valence-electron chi connectivity index (χ1n) is 13.7. The molecule has 2 saturated heterocycles. The van der Waals surface area contributed by atoms with Crippen LogP contribution in [0.1, 0.15) is 46.0 Å². The predicted molar refractivity (Wildman–Crippen MR) is 139 cm³/mol. The molecule has 2 fully saturated rings. The molecular formula is C28H41F2N5O. The van der Waals surface area contributed by atoms with Crippen molar-refractivity contribution >= 4 is 0 Å². The van der Waals surface area contributed by atoms with Crippen LogP contribution in [0.2, 0.25) is 0 Å². The normalized spacial score (nSPS) is 34.2. The molecule has 5 aliphatic rings. The van der Waals surface area contributed by atoms with Crippen molar-refractivity contribution in [2.75, 3.05) is 39.3 Å². The second kappa shape index (κ2) is 11.7. The van der Waals surface area contributed by atoms with Crippen LogP contribution in [-0.2, 0) is 4.74 Å². The molecule has 36 heavy (non-hydrogen) atoms. The summed E-state index contributed by atoms with van der Waals surface area (Å²) in [6.45, 7) is 9.92. The van der Waals surface area contributed by atoms with Crippen LogP contribution in [0.4, 0.5) is 8.78 Å².